The minimum absolute atomic E-state index is 0.712. The number of nitrogens with one attached hydrogen (secondary N) is 1. The van der Waals surface area contributed by atoms with Gasteiger partial charge in [-0.1, -0.05) is 6.07 Å². The third kappa shape index (κ3) is 1.85. The van der Waals surface area contributed by atoms with Gasteiger partial charge in [-0.25, -0.2) is 0 Å². The van der Waals surface area contributed by atoms with Gasteiger partial charge in [-0.05, 0) is 75.4 Å². The normalized spacial score (nSPS) is 17.5. The van der Waals surface area contributed by atoms with Gasteiger partial charge >= 0.3 is 0 Å². The molecule has 0 radical (unpaired) electrons. The van der Waals surface area contributed by atoms with Gasteiger partial charge in [0.25, 0.3) is 0 Å². The molecule has 2 aromatic rings. The van der Waals surface area contributed by atoms with E-state index >= 15 is 0 Å². The van der Waals surface area contributed by atoms with Crippen LogP contribution in [0.5, 0.6) is 0 Å². The minimum atomic E-state index is 0.712. The maximum absolute atomic E-state index is 5.86. The molecule has 18 heavy (non-hydrogen) atoms. The van der Waals surface area contributed by atoms with Gasteiger partial charge in [0, 0.05) is 5.39 Å². The van der Waals surface area contributed by atoms with Gasteiger partial charge in [-0.15, -0.1) is 0 Å². The number of aryl methyl sites for hydroxylation is 3. The van der Waals surface area contributed by atoms with Crippen LogP contribution in [-0.2, 0) is 0 Å². The van der Waals surface area contributed by atoms with Crippen LogP contribution in [-0.4, -0.2) is 13.1 Å². The molecule has 2 heteroatoms. The first-order chi connectivity index (χ1) is 8.66. The molecule has 1 saturated heterocycles. The Hall–Kier alpha value is -1.28. The minimum Gasteiger partial charge on any atom is -0.461 e. The van der Waals surface area contributed by atoms with Crippen LogP contribution in [0.1, 0.15) is 41.2 Å². The zero-order valence-electron chi connectivity index (χ0n) is 11.5. The van der Waals surface area contributed by atoms with Gasteiger partial charge in [0.1, 0.15) is 11.3 Å². The Morgan fingerprint density at radius 2 is 1.83 bits per heavy atom. The highest BCUT2D eigenvalue weighted by Gasteiger charge is 2.18. The third-order valence-electron chi connectivity index (χ3n) is 4.29. The molecule has 0 saturated carbocycles. The van der Waals surface area contributed by atoms with E-state index in [4.69, 9.17) is 4.42 Å². The topological polar surface area (TPSA) is 25.2 Å². The summed E-state index contributed by atoms with van der Waals surface area (Å²) < 4.78 is 5.86. The molecule has 1 aliphatic rings. The predicted octanol–water partition coefficient (Wildman–Crippen LogP) is 3.83. The van der Waals surface area contributed by atoms with E-state index in [0.29, 0.717) is 5.92 Å². The van der Waals surface area contributed by atoms with Crippen molar-refractivity contribution < 1.29 is 4.42 Å². The van der Waals surface area contributed by atoms with E-state index in [1.807, 2.05) is 0 Å². The van der Waals surface area contributed by atoms with E-state index in [1.165, 1.54) is 34.9 Å². The van der Waals surface area contributed by atoms with Crippen molar-refractivity contribution in [1.29, 1.82) is 0 Å². The van der Waals surface area contributed by atoms with Crippen molar-refractivity contribution in [1.82, 2.24) is 5.32 Å². The summed E-state index contributed by atoms with van der Waals surface area (Å²) >= 11 is 0. The summed E-state index contributed by atoms with van der Waals surface area (Å²) in [7, 11) is 0. The van der Waals surface area contributed by atoms with E-state index in [9.17, 15) is 0 Å². The number of fused-ring (bicyclic) bond motifs is 1. The van der Waals surface area contributed by atoms with Crippen LogP contribution in [0.2, 0.25) is 0 Å². The summed E-state index contributed by atoms with van der Waals surface area (Å²) in [6.07, 6.45) is 2.50. The quantitative estimate of drug-likeness (QED) is 0.823. The lowest BCUT2D eigenvalue weighted by atomic mass is 9.88. The van der Waals surface area contributed by atoms with Crippen molar-refractivity contribution in [2.45, 2.75) is 39.5 Å². The molecule has 1 fully saturated rings. The number of hydrogen-bond acceptors (Lipinski definition) is 2. The molecular weight excluding hydrogens is 222 g/mol. The maximum atomic E-state index is 5.86. The highest BCUT2D eigenvalue weighted by Crippen LogP contribution is 2.33. The smallest absolute Gasteiger partial charge is 0.137 e. The molecule has 0 spiro atoms. The van der Waals surface area contributed by atoms with Crippen molar-refractivity contribution >= 4 is 11.0 Å². The highest BCUT2D eigenvalue weighted by atomic mass is 16.3. The first-order valence-electron chi connectivity index (χ1n) is 6.88. The summed E-state index contributed by atoms with van der Waals surface area (Å²) in [5, 5.41) is 4.74. The van der Waals surface area contributed by atoms with Gasteiger partial charge in [-0.2, -0.15) is 0 Å². The molecule has 0 amide bonds. The average Bonchev–Trinajstić information content (AvgIpc) is 2.68. The number of furan rings is 1. The predicted molar refractivity (Wildman–Crippen MR) is 75.3 cm³/mol. The van der Waals surface area contributed by atoms with Crippen LogP contribution in [0.4, 0.5) is 0 Å². The van der Waals surface area contributed by atoms with E-state index in [-0.39, 0.29) is 0 Å². The standard InChI is InChI=1S/C16H21NO/c1-10-8-14(13-4-6-17-7-5-13)9-15-11(2)12(3)18-16(10)15/h8-9,13,17H,4-7H2,1-3H3. The zero-order chi connectivity index (χ0) is 12.7. The molecule has 0 aliphatic carbocycles. The summed E-state index contributed by atoms with van der Waals surface area (Å²) in [6.45, 7) is 8.66. The van der Waals surface area contributed by atoms with Gasteiger partial charge in [0.05, 0.1) is 0 Å². The van der Waals surface area contributed by atoms with Crippen molar-refractivity contribution in [3.05, 3.63) is 34.6 Å². The molecule has 2 heterocycles. The van der Waals surface area contributed by atoms with Crippen molar-refractivity contribution in [2.24, 2.45) is 0 Å². The monoisotopic (exact) mass is 243 g/mol. The van der Waals surface area contributed by atoms with Gasteiger partial charge < -0.3 is 9.73 Å². The molecule has 0 bridgehead atoms. The molecule has 1 aromatic carbocycles. The van der Waals surface area contributed by atoms with Crippen LogP contribution in [0.3, 0.4) is 0 Å². The fourth-order valence-electron chi connectivity index (χ4n) is 3.03. The van der Waals surface area contributed by atoms with Crippen molar-refractivity contribution in [2.75, 3.05) is 13.1 Å². The first-order valence-corrected chi connectivity index (χ1v) is 6.88. The number of hydrogen-bond donors (Lipinski definition) is 1. The second-order valence-corrected chi connectivity index (χ2v) is 5.52. The summed E-state index contributed by atoms with van der Waals surface area (Å²) in [4.78, 5) is 0. The lowest BCUT2D eigenvalue weighted by Crippen LogP contribution is -2.26. The van der Waals surface area contributed by atoms with Crippen LogP contribution < -0.4 is 5.32 Å². The Balaban J connectivity index is 2.10. The number of piperidine rings is 1. The Morgan fingerprint density at radius 3 is 2.56 bits per heavy atom. The molecule has 96 valence electrons. The van der Waals surface area contributed by atoms with Crippen LogP contribution in [0.15, 0.2) is 16.5 Å². The zero-order valence-corrected chi connectivity index (χ0v) is 11.5. The van der Waals surface area contributed by atoms with Gasteiger partial charge in [0.15, 0.2) is 0 Å². The summed E-state index contributed by atoms with van der Waals surface area (Å²) in [5.74, 6) is 1.76. The van der Waals surface area contributed by atoms with Crippen molar-refractivity contribution in [3.8, 4) is 0 Å². The Labute approximate surface area is 108 Å². The Morgan fingerprint density at radius 1 is 1.11 bits per heavy atom. The third-order valence-corrected chi connectivity index (χ3v) is 4.29. The lowest BCUT2D eigenvalue weighted by Gasteiger charge is -2.23. The summed E-state index contributed by atoms with van der Waals surface area (Å²) in [6, 6.07) is 4.67. The molecular formula is C16H21NO. The van der Waals surface area contributed by atoms with E-state index in [1.54, 1.807) is 0 Å². The second kappa shape index (κ2) is 4.43. The first kappa shape index (κ1) is 11.8. The molecule has 2 nitrogen and oxygen atoms in total. The molecule has 0 atom stereocenters. The summed E-state index contributed by atoms with van der Waals surface area (Å²) in [5.41, 5.74) is 5.13. The Bertz CT molecular complexity index is 576. The number of rotatable bonds is 1. The second-order valence-electron chi connectivity index (χ2n) is 5.52. The van der Waals surface area contributed by atoms with Gasteiger partial charge in [-0.3, -0.25) is 0 Å². The molecule has 1 aliphatic heterocycles. The number of benzene rings is 1. The van der Waals surface area contributed by atoms with Crippen LogP contribution >= 0.6 is 0 Å². The SMILES string of the molecule is Cc1oc2c(C)cc(C3CCNCC3)cc2c1C. The largest absolute Gasteiger partial charge is 0.461 e. The van der Waals surface area contributed by atoms with Crippen LogP contribution in [0, 0.1) is 20.8 Å². The highest BCUT2D eigenvalue weighted by molar-refractivity contribution is 5.85. The van der Waals surface area contributed by atoms with Crippen LogP contribution in [0.25, 0.3) is 11.0 Å². The van der Waals surface area contributed by atoms with E-state index in [0.717, 1.165) is 24.4 Å². The maximum Gasteiger partial charge on any atom is 0.137 e. The molecule has 3 rings (SSSR count). The molecule has 1 aromatic heterocycles. The van der Waals surface area contributed by atoms with Gasteiger partial charge in [0.2, 0.25) is 0 Å². The van der Waals surface area contributed by atoms with E-state index < -0.39 is 0 Å². The van der Waals surface area contributed by atoms with Crippen molar-refractivity contribution in [3.63, 3.8) is 0 Å². The average molecular weight is 243 g/mol. The Kier molecular flexibility index (Phi) is 2.90. The van der Waals surface area contributed by atoms with E-state index in [2.05, 4.69) is 38.2 Å². The fraction of sp³-hybridized carbons (Fsp3) is 0.500. The fourth-order valence-corrected chi connectivity index (χ4v) is 3.03. The lowest BCUT2D eigenvalue weighted by molar-refractivity contribution is 0.460. The molecule has 0 unspecified atom stereocenters. The molecule has 1 N–H and O–H groups in total.